The highest BCUT2D eigenvalue weighted by atomic mass is 19.1. The molecule has 1 amide bonds. The van der Waals surface area contributed by atoms with E-state index >= 15 is 0 Å². The summed E-state index contributed by atoms with van der Waals surface area (Å²) in [7, 11) is 3.15. The molecule has 5 nitrogen and oxygen atoms in total. The van der Waals surface area contributed by atoms with Crippen LogP contribution in [-0.4, -0.2) is 29.3 Å². The second-order valence-corrected chi connectivity index (χ2v) is 4.22. The van der Waals surface area contributed by atoms with Crippen LogP contribution in [0.4, 0.5) is 4.39 Å². The average Bonchev–Trinajstić information content (AvgIpc) is 2.86. The third kappa shape index (κ3) is 3.83. The molecule has 1 aromatic heterocycles. The van der Waals surface area contributed by atoms with E-state index in [1.807, 2.05) is 0 Å². The highest BCUT2D eigenvalue weighted by molar-refractivity contribution is 5.96. The van der Waals surface area contributed by atoms with Crippen molar-refractivity contribution in [2.24, 2.45) is 7.05 Å². The Kier molecular flexibility index (Phi) is 4.57. The topological polar surface area (TPSA) is 56.2 Å². The van der Waals surface area contributed by atoms with Gasteiger partial charge in [0.15, 0.2) is 0 Å². The first-order chi connectivity index (χ1) is 10.1. The molecule has 0 unspecified atom stereocenters. The minimum absolute atomic E-state index is 0.175. The number of aromatic nitrogens is 2. The number of nitrogens with zero attached hydrogens (tertiary/aromatic N) is 2. The van der Waals surface area contributed by atoms with Gasteiger partial charge in [-0.25, -0.2) is 4.39 Å². The van der Waals surface area contributed by atoms with E-state index in [1.54, 1.807) is 25.4 Å². The van der Waals surface area contributed by atoms with Crippen LogP contribution in [0, 0.1) is 17.7 Å². The van der Waals surface area contributed by atoms with Crippen LogP contribution in [0.15, 0.2) is 30.5 Å². The van der Waals surface area contributed by atoms with Gasteiger partial charge in [-0.1, -0.05) is 11.8 Å². The van der Waals surface area contributed by atoms with Crippen LogP contribution in [0.25, 0.3) is 0 Å². The molecule has 21 heavy (non-hydrogen) atoms. The van der Waals surface area contributed by atoms with Gasteiger partial charge in [0.25, 0.3) is 5.91 Å². The van der Waals surface area contributed by atoms with Gasteiger partial charge >= 0.3 is 0 Å². The molecule has 0 fully saturated rings. The summed E-state index contributed by atoms with van der Waals surface area (Å²) < 4.78 is 19.2. The zero-order valence-corrected chi connectivity index (χ0v) is 11.7. The summed E-state index contributed by atoms with van der Waals surface area (Å²) in [4.78, 5) is 11.9. The van der Waals surface area contributed by atoms with Gasteiger partial charge in [0, 0.05) is 18.8 Å². The molecular weight excluding hydrogens is 273 g/mol. The number of rotatable bonds is 3. The van der Waals surface area contributed by atoms with Crippen molar-refractivity contribution in [3.8, 4) is 17.7 Å². The number of carbonyl (C=O) groups excluding carboxylic acids is 1. The van der Waals surface area contributed by atoms with Crippen molar-refractivity contribution in [2.75, 3.05) is 13.7 Å². The molecule has 1 aromatic carbocycles. The number of benzene rings is 1. The number of amides is 1. The molecule has 0 spiro atoms. The van der Waals surface area contributed by atoms with E-state index in [-0.39, 0.29) is 24.1 Å². The van der Waals surface area contributed by atoms with E-state index < -0.39 is 0 Å². The summed E-state index contributed by atoms with van der Waals surface area (Å²) in [5.74, 6) is 5.27. The normalized spacial score (nSPS) is 9.67. The monoisotopic (exact) mass is 287 g/mol. The van der Waals surface area contributed by atoms with Gasteiger partial charge in [0.05, 0.1) is 13.7 Å². The predicted molar refractivity (Wildman–Crippen MR) is 75.4 cm³/mol. The van der Waals surface area contributed by atoms with Gasteiger partial charge in [-0.2, -0.15) is 0 Å². The molecule has 1 N–H and O–H groups in total. The Morgan fingerprint density at radius 1 is 1.43 bits per heavy atom. The number of halogens is 1. The number of hydrogen-bond donors (Lipinski definition) is 1. The number of carbonyl (C=O) groups is 1. The van der Waals surface area contributed by atoms with Gasteiger partial charge in [0.2, 0.25) is 5.88 Å². The van der Waals surface area contributed by atoms with Gasteiger partial charge < -0.3 is 10.1 Å². The Morgan fingerprint density at radius 2 is 2.14 bits per heavy atom. The predicted octanol–water partition coefficient (Wildman–Crippen LogP) is 1.35. The van der Waals surface area contributed by atoms with Crippen LogP contribution >= 0.6 is 0 Å². The number of nitrogens with one attached hydrogen (secondary N) is 1. The summed E-state index contributed by atoms with van der Waals surface area (Å²) in [6.45, 7) is 0.175. The molecule has 0 saturated heterocycles. The van der Waals surface area contributed by atoms with Crippen molar-refractivity contribution in [2.45, 2.75) is 0 Å². The molecule has 0 aliphatic carbocycles. The van der Waals surface area contributed by atoms with Crippen LogP contribution in [0.2, 0.25) is 0 Å². The molecule has 0 radical (unpaired) electrons. The zero-order valence-electron chi connectivity index (χ0n) is 11.7. The molecular formula is C15H14FN3O2. The first-order valence-electron chi connectivity index (χ1n) is 6.20. The standard InChI is InChI=1S/C15H14FN3O2/c1-19-10-13(15(18-19)21-2)14(20)17-9-3-4-11-5-7-12(16)8-6-11/h5-8,10H,9H2,1-2H3,(H,17,20). The van der Waals surface area contributed by atoms with Gasteiger partial charge in [0.1, 0.15) is 11.4 Å². The Balaban J connectivity index is 1.94. The summed E-state index contributed by atoms with van der Waals surface area (Å²) >= 11 is 0. The van der Waals surface area contributed by atoms with E-state index in [1.165, 1.54) is 23.9 Å². The second kappa shape index (κ2) is 6.57. The fraction of sp³-hybridized carbons (Fsp3) is 0.200. The largest absolute Gasteiger partial charge is 0.479 e. The molecule has 0 aliphatic heterocycles. The minimum Gasteiger partial charge on any atom is -0.479 e. The van der Waals surface area contributed by atoms with Gasteiger partial charge in [-0.05, 0) is 24.3 Å². The van der Waals surface area contributed by atoms with Crippen LogP contribution < -0.4 is 10.1 Å². The molecule has 1 heterocycles. The molecule has 0 bridgehead atoms. The van der Waals surface area contributed by atoms with Crippen molar-refractivity contribution in [1.29, 1.82) is 0 Å². The number of ether oxygens (including phenoxy) is 1. The number of aryl methyl sites for hydroxylation is 1. The van der Waals surface area contributed by atoms with E-state index in [9.17, 15) is 9.18 Å². The smallest absolute Gasteiger partial charge is 0.259 e. The van der Waals surface area contributed by atoms with Crippen molar-refractivity contribution < 1.29 is 13.9 Å². The summed E-state index contributed by atoms with van der Waals surface area (Å²) in [6, 6.07) is 5.83. The molecule has 0 aliphatic rings. The third-order valence-corrected chi connectivity index (χ3v) is 2.65. The summed E-state index contributed by atoms with van der Waals surface area (Å²) in [5.41, 5.74) is 1.04. The fourth-order valence-electron chi connectivity index (χ4n) is 1.67. The molecule has 6 heteroatoms. The summed E-state index contributed by atoms with van der Waals surface area (Å²) in [5, 5.41) is 6.65. The van der Waals surface area contributed by atoms with Crippen LogP contribution in [0.1, 0.15) is 15.9 Å². The second-order valence-electron chi connectivity index (χ2n) is 4.22. The maximum atomic E-state index is 12.7. The molecule has 2 aromatic rings. The third-order valence-electron chi connectivity index (χ3n) is 2.65. The van der Waals surface area contributed by atoms with Gasteiger partial charge in [-0.3, -0.25) is 9.48 Å². The SMILES string of the molecule is COc1nn(C)cc1C(=O)NCC#Cc1ccc(F)cc1. The van der Waals surface area contributed by atoms with Crippen LogP contribution in [0.5, 0.6) is 5.88 Å². The first kappa shape index (κ1) is 14.6. The molecule has 0 atom stereocenters. The Bertz CT molecular complexity index is 696. The number of methoxy groups -OCH3 is 1. The van der Waals surface area contributed by atoms with Crippen LogP contribution in [-0.2, 0) is 7.05 Å². The Morgan fingerprint density at radius 3 is 2.81 bits per heavy atom. The first-order valence-corrected chi connectivity index (χ1v) is 6.20. The summed E-state index contributed by atoms with van der Waals surface area (Å²) in [6.07, 6.45) is 1.57. The lowest BCUT2D eigenvalue weighted by atomic mass is 10.2. The molecule has 108 valence electrons. The lowest BCUT2D eigenvalue weighted by molar-refractivity contribution is 0.0955. The minimum atomic E-state index is -0.312. The maximum absolute atomic E-state index is 12.7. The molecule has 2 rings (SSSR count). The van der Waals surface area contributed by atoms with Crippen LogP contribution in [0.3, 0.4) is 0 Å². The zero-order chi connectivity index (χ0) is 15.2. The van der Waals surface area contributed by atoms with Crippen molar-refractivity contribution in [1.82, 2.24) is 15.1 Å². The average molecular weight is 287 g/mol. The van der Waals surface area contributed by atoms with E-state index in [0.29, 0.717) is 11.1 Å². The van der Waals surface area contributed by atoms with Crippen molar-refractivity contribution >= 4 is 5.91 Å². The Hall–Kier alpha value is -2.81. The lowest BCUT2D eigenvalue weighted by Gasteiger charge is -2.00. The highest BCUT2D eigenvalue weighted by Gasteiger charge is 2.15. The highest BCUT2D eigenvalue weighted by Crippen LogP contribution is 2.13. The molecule has 0 saturated carbocycles. The fourth-order valence-corrected chi connectivity index (χ4v) is 1.67. The van der Waals surface area contributed by atoms with Crippen molar-refractivity contribution in [3.63, 3.8) is 0 Å². The lowest BCUT2D eigenvalue weighted by Crippen LogP contribution is -2.23. The number of hydrogen-bond acceptors (Lipinski definition) is 3. The van der Waals surface area contributed by atoms with E-state index in [2.05, 4.69) is 22.3 Å². The quantitative estimate of drug-likeness (QED) is 0.867. The van der Waals surface area contributed by atoms with Gasteiger partial charge in [-0.15, -0.1) is 5.10 Å². The Labute approximate surface area is 121 Å². The maximum Gasteiger partial charge on any atom is 0.259 e. The van der Waals surface area contributed by atoms with Crippen molar-refractivity contribution in [3.05, 3.63) is 47.4 Å². The van der Waals surface area contributed by atoms with E-state index in [0.717, 1.165) is 0 Å². The van der Waals surface area contributed by atoms with E-state index in [4.69, 9.17) is 4.74 Å².